The van der Waals surface area contributed by atoms with E-state index in [2.05, 4.69) is 0 Å². The Hall–Kier alpha value is -1.88. The van der Waals surface area contributed by atoms with Crippen LogP contribution in [-0.2, 0) is 14.3 Å². The minimum atomic E-state index is -1.03. The maximum Gasteiger partial charge on any atom is 0.323 e. The third-order valence-corrected chi connectivity index (χ3v) is 3.83. The highest BCUT2D eigenvalue weighted by molar-refractivity contribution is 5.97. The quantitative estimate of drug-likeness (QED) is 0.864. The number of carboxylic acid groups (broad SMARTS) is 1. The molecule has 0 radical (unpaired) electrons. The number of methoxy groups -OCH3 is 1. The summed E-state index contributed by atoms with van der Waals surface area (Å²) in [5.41, 5.74) is 0.202. The molecule has 1 saturated carbocycles. The van der Waals surface area contributed by atoms with E-state index >= 15 is 0 Å². The van der Waals surface area contributed by atoms with Gasteiger partial charge in [-0.25, -0.2) is 0 Å². The molecule has 1 amide bonds. The number of para-hydroxylation sites is 1. The number of carbonyl (C=O) groups excluding carboxylic acids is 1. The van der Waals surface area contributed by atoms with Crippen LogP contribution in [0.5, 0.6) is 0 Å². The number of rotatable bonds is 6. The lowest BCUT2D eigenvalue weighted by atomic mass is 9.77. The van der Waals surface area contributed by atoms with Crippen LogP contribution in [0.25, 0.3) is 0 Å². The second-order valence-corrected chi connectivity index (χ2v) is 5.13. The third-order valence-electron chi connectivity index (χ3n) is 3.83. The Morgan fingerprint density at radius 2 is 1.95 bits per heavy atom. The summed E-state index contributed by atoms with van der Waals surface area (Å²) in [4.78, 5) is 24.7. The standard InChI is InChI=1S/C15H19NO4/c1-20-15(8-5-9-15)10-13(17)16(11-14(18)19)12-6-3-2-4-7-12/h2-4,6-7H,5,8-11H2,1H3,(H,18,19). The summed E-state index contributed by atoms with van der Waals surface area (Å²) in [6.45, 7) is -0.331. The number of carbonyl (C=O) groups is 2. The molecule has 0 aliphatic heterocycles. The van der Waals surface area contributed by atoms with Crippen molar-refractivity contribution in [3.8, 4) is 0 Å². The van der Waals surface area contributed by atoms with Crippen LogP contribution in [0.4, 0.5) is 5.69 Å². The van der Waals surface area contributed by atoms with Crippen molar-refractivity contribution in [3.63, 3.8) is 0 Å². The number of anilines is 1. The molecular formula is C15H19NO4. The molecule has 1 fully saturated rings. The predicted octanol–water partition coefficient (Wildman–Crippen LogP) is 2.06. The minimum Gasteiger partial charge on any atom is -0.480 e. The Balaban J connectivity index is 2.14. The minimum absolute atomic E-state index is 0.208. The molecule has 1 N–H and O–H groups in total. The van der Waals surface area contributed by atoms with Gasteiger partial charge in [-0.05, 0) is 31.4 Å². The van der Waals surface area contributed by atoms with Gasteiger partial charge in [0.25, 0.3) is 0 Å². The van der Waals surface area contributed by atoms with E-state index in [0.717, 1.165) is 19.3 Å². The summed E-state index contributed by atoms with van der Waals surface area (Å²) in [6, 6.07) is 8.87. The molecular weight excluding hydrogens is 258 g/mol. The van der Waals surface area contributed by atoms with Gasteiger partial charge in [-0.15, -0.1) is 0 Å². The van der Waals surface area contributed by atoms with Crippen LogP contribution in [0.3, 0.4) is 0 Å². The number of ether oxygens (including phenoxy) is 1. The molecule has 0 heterocycles. The second kappa shape index (κ2) is 6.05. The highest BCUT2D eigenvalue weighted by Crippen LogP contribution is 2.38. The molecule has 1 aliphatic rings. The molecule has 5 nitrogen and oxygen atoms in total. The van der Waals surface area contributed by atoms with Crippen molar-refractivity contribution < 1.29 is 19.4 Å². The van der Waals surface area contributed by atoms with Gasteiger partial charge in [-0.2, -0.15) is 0 Å². The number of aliphatic carboxylic acids is 1. The van der Waals surface area contributed by atoms with Gasteiger partial charge in [0.1, 0.15) is 6.54 Å². The first-order valence-corrected chi connectivity index (χ1v) is 6.69. The van der Waals surface area contributed by atoms with Crippen molar-refractivity contribution in [1.29, 1.82) is 0 Å². The van der Waals surface area contributed by atoms with Gasteiger partial charge in [-0.3, -0.25) is 9.59 Å². The van der Waals surface area contributed by atoms with E-state index in [1.165, 1.54) is 4.90 Å². The first-order chi connectivity index (χ1) is 9.56. The molecule has 1 aliphatic carbocycles. The van der Waals surface area contributed by atoms with E-state index < -0.39 is 11.6 Å². The summed E-state index contributed by atoms with van der Waals surface area (Å²) in [5.74, 6) is -1.23. The van der Waals surface area contributed by atoms with Gasteiger partial charge in [-0.1, -0.05) is 18.2 Å². The second-order valence-electron chi connectivity index (χ2n) is 5.13. The molecule has 0 aromatic heterocycles. The summed E-state index contributed by atoms with van der Waals surface area (Å²) in [6.07, 6.45) is 2.98. The maximum atomic E-state index is 12.4. The molecule has 0 unspecified atom stereocenters. The number of hydrogen-bond donors (Lipinski definition) is 1. The van der Waals surface area contributed by atoms with Gasteiger partial charge in [0, 0.05) is 12.8 Å². The number of hydrogen-bond acceptors (Lipinski definition) is 3. The van der Waals surface area contributed by atoms with E-state index in [9.17, 15) is 9.59 Å². The SMILES string of the molecule is COC1(CC(=O)N(CC(=O)O)c2ccccc2)CCC1. The fourth-order valence-corrected chi connectivity index (χ4v) is 2.46. The van der Waals surface area contributed by atoms with E-state index in [-0.39, 0.29) is 18.9 Å². The first kappa shape index (κ1) is 14.5. The molecule has 1 aromatic rings. The summed E-state index contributed by atoms with van der Waals surface area (Å²) < 4.78 is 5.44. The third kappa shape index (κ3) is 3.17. The van der Waals surface area contributed by atoms with Crippen molar-refractivity contribution >= 4 is 17.6 Å². The van der Waals surface area contributed by atoms with Crippen molar-refractivity contribution in [2.45, 2.75) is 31.3 Å². The van der Waals surface area contributed by atoms with Gasteiger partial charge < -0.3 is 14.7 Å². The zero-order valence-electron chi connectivity index (χ0n) is 11.5. The topological polar surface area (TPSA) is 66.8 Å². The van der Waals surface area contributed by atoms with Crippen molar-refractivity contribution in [3.05, 3.63) is 30.3 Å². The maximum absolute atomic E-state index is 12.4. The Labute approximate surface area is 118 Å². The zero-order chi connectivity index (χ0) is 14.6. The largest absolute Gasteiger partial charge is 0.480 e. The monoisotopic (exact) mass is 277 g/mol. The van der Waals surface area contributed by atoms with Crippen molar-refractivity contribution in [2.75, 3.05) is 18.6 Å². The predicted molar refractivity (Wildman–Crippen MR) is 74.6 cm³/mol. The van der Waals surface area contributed by atoms with Crippen LogP contribution in [0.2, 0.25) is 0 Å². The molecule has 5 heteroatoms. The lowest BCUT2D eigenvalue weighted by molar-refractivity contribution is -0.139. The Morgan fingerprint density at radius 3 is 2.40 bits per heavy atom. The zero-order valence-corrected chi connectivity index (χ0v) is 11.5. The highest BCUT2D eigenvalue weighted by atomic mass is 16.5. The van der Waals surface area contributed by atoms with Gasteiger partial charge in [0.2, 0.25) is 5.91 Å². The molecule has 0 saturated heterocycles. The van der Waals surface area contributed by atoms with Crippen LogP contribution >= 0.6 is 0 Å². The van der Waals surface area contributed by atoms with Crippen molar-refractivity contribution in [1.82, 2.24) is 0 Å². The summed E-state index contributed by atoms with van der Waals surface area (Å²) in [7, 11) is 1.61. The Kier molecular flexibility index (Phi) is 4.39. The molecule has 0 atom stereocenters. The highest BCUT2D eigenvalue weighted by Gasteiger charge is 2.40. The van der Waals surface area contributed by atoms with E-state index in [1.54, 1.807) is 31.4 Å². The number of carboxylic acids is 1. The normalized spacial score (nSPS) is 16.2. The lowest BCUT2D eigenvalue weighted by Gasteiger charge is -2.41. The van der Waals surface area contributed by atoms with E-state index in [0.29, 0.717) is 5.69 Å². The molecule has 108 valence electrons. The van der Waals surface area contributed by atoms with Gasteiger partial charge in [0.05, 0.1) is 12.0 Å². The van der Waals surface area contributed by atoms with Crippen molar-refractivity contribution in [2.24, 2.45) is 0 Å². The molecule has 20 heavy (non-hydrogen) atoms. The first-order valence-electron chi connectivity index (χ1n) is 6.69. The van der Waals surface area contributed by atoms with E-state index in [4.69, 9.17) is 9.84 Å². The Morgan fingerprint density at radius 1 is 1.30 bits per heavy atom. The van der Waals surface area contributed by atoms with Gasteiger partial charge >= 0.3 is 5.97 Å². The summed E-state index contributed by atoms with van der Waals surface area (Å²) in [5, 5.41) is 9.00. The summed E-state index contributed by atoms with van der Waals surface area (Å²) >= 11 is 0. The number of benzene rings is 1. The Bertz CT molecular complexity index is 476. The number of nitrogens with zero attached hydrogens (tertiary/aromatic N) is 1. The fraction of sp³-hybridized carbons (Fsp3) is 0.467. The van der Waals surface area contributed by atoms with E-state index in [1.807, 2.05) is 6.07 Å². The average molecular weight is 277 g/mol. The molecule has 0 bridgehead atoms. The number of amides is 1. The van der Waals surface area contributed by atoms with Crippen LogP contribution < -0.4 is 4.90 Å². The van der Waals surface area contributed by atoms with Crippen LogP contribution in [-0.4, -0.2) is 36.2 Å². The van der Waals surface area contributed by atoms with Gasteiger partial charge in [0.15, 0.2) is 0 Å². The molecule has 1 aromatic carbocycles. The lowest BCUT2D eigenvalue weighted by Crippen LogP contribution is -2.46. The fourth-order valence-electron chi connectivity index (χ4n) is 2.46. The average Bonchev–Trinajstić information content (AvgIpc) is 2.41. The van der Waals surface area contributed by atoms with Crippen LogP contribution in [0, 0.1) is 0 Å². The smallest absolute Gasteiger partial charge is 0.323 e. The molecule has 0 spiro atoms. The van der Waals surface area contributed by atoms with Crippen LogP contribution in [0.1, 0.15) is 25.7 Å². The molecule has 2 rings (SSSR count). The van der Waals surface area contributed by atoms with Crippen LogP contribution in [0.15, 0.2) is 30.3 Å².